The van der Waals surface area contributed by atoms with E-state index in [-0.39, 0.29) is 0 Å². The van der Waals surface area contributed by atoms with Gasteiger partial charge in [-0.25, -0.2) is 4.79 Å². The first-order valence-corrected chi connectivity index (χ1v) is 8.71. The third-order valence-electron chi connectivity index (χ3n) is 5.46. The number of carbonyl (C=O) groups is 1. The van der Waals surface area contributed by atoms with Crippen molar-refractivity contribution >= 4 is 11.7 Å². The van der Waals surface area contributed by atoms with Crippen molar-refractivity contribution in [1.29, 1.82) is 0 Å². The van der Waals surface area contributed by atoms with Gasteiger partial charge in [-0.3, -0.25) is 4.68 Å². The molecule has 1 aromatic carbocycles. The molecule has 2 aliphatic rings. The Morgan fingerprint density at radius 3 is 2.44 bits per heavy atom. The van der Waals surface area contributed by atoms with Gasteiger partial charge >= 0.3 is 12.1 Å². The van der Waals surface area contributed by atoms with E-state index in [9.17, 15) is 18.0 Å². The molecule has 1 aromatic heterocycles. The highest BCUT2D eigenvalue weighted by Crippen LogP contribution is 2.67. The predicted octanol–water partition coefficient (Wildman–Crippen LogP) is 4.31. The van der Waals surface area contributed by atoms with Crippen molar-refractivity contribution in [3.8, 4) is 0 Å². The monoisotopic (exact) mass is 381 g/mol. The van der Waals surface area contributed by atoms with Crippen LogP contribution in [-0.4, -0.2) is 20.9 Å². The Kier molecular flexibility index (Phi) is 4.69. The zero-order valence-electron chi connectivity index (χ0n) is 15.1. The minimum absolute atomic E-state index is 0.348. The molecule has 27 heavy (non-hydrogen) atoms. The summed E-state index contributed by atoms with van der Waals surface area (Å²) in [5, 5.41) is 12.2. The molecule has 1 heterocycles. The van der Waals surface area contributed by atoms with E-state index in [2.05, 4.69) is 12.0 Å². The summed E-state index contributed by atoms with van der Waals surface area (Å²) in [7, 11) is 1.44. The number of nitrogens with zero attached hydrogens (tertiary/aromatic N) is 2. The van der Waals surface area contributed by atoms with E-state index in [0.717, 1.165) is 22.0 Å². The van der Waals surface area contributed by atoms with Crippen molar-refractivity contribution in [2.45, 2.75) is 38.3 Å². The first kappa shape index (κ1) is 19.3. The van der Waals surface area contributed by atoms with Crippen LogP contribution >= 0.6 is 0 Å². The third kappa shape index (κ3) is 4.26. The molecule has 0 radical (unpaired) electrons. The minimum atomic E-state index is -4.32. The quantitative estimate of drug-likeness (QED) is 0.777. The normalized spacial score (nSPS) is 22.6. The molecule has 2 atom stereocenters. The van der Waals surface area contributed by atoms with Crippen LogP contribution in [0.1, 0.15) is 53.7 Å². The lowest BCUT2D eigenvalue weighted by molar-refractivity contribution is -0.141. The van der Waals surface area contributed by atoms with Gasteiger partial charge in [-0.05, 0) is 66.3 Å². The summed E-state index contributed by atoms with van der Waals surface area (Å²) in [5.74, 6) is 0.330. The van der Waals surface area contributed by atoms with Gasteiger partial charge in [-0.1, -0.05) is 6.92 Å². The number of aromatic carboxylic acids is 1. The summed E-state index contributed by atoms with van der Waals surface area (Å²) in [6.07, 6.45) is 0.729. The van der Waals surface area contributed by atoms with Crippen LogP contribution in [0.15, 0.2) is 30.5 Å². The number of carboxylic acid groups (broad SMARTS) is 1. The van der Waals surface area contributed by atoms with Gasteiger partial charge < -0.3 is 10.8 Å². The highest BCUT2D eigenvalue weighted by molar-refractivity contribution is 5.88. The van der Waals surface area contributed by atoms with Crippen LogP contribution < -0.4 is 5.73 Å². The van der Waals surface area contributed by atoms with Crippen molar-refractivity contribution in [2.24, 2.45) is 18.4 Å². The molecule has 146 valence electrons. The van der Waals surface area contributed by atoms with Crippen molar-refractivity contribution in [1.82, 2.24) is 9.78 Å². The van der Waals surface area contributed by atoms with Crippen LogP contribution in [0.25, 0.3) is 0 Å². The fraction of sp³-hybridized carbons (Fsp3) is 0.474. The molecule has 0 spiro atoms. The Morgan fingerprint density at radius 2 is 2.00 bits per heavy atom. The SMILES string of the molecule is CC1(C2CC2c2cc(C(=O)O)ccc2N)CC1.Cn1ccc(C(F)(F)F)n1. The summed E-state index contributed by atoms with van der Waals surface area (Å²) in [5.41, 5.74) is 7.76. The highest BCUT2D eigenvalue weighted by Gasteiger charge is 2.56. The van der Waals surface area contributed by atoms with E-state index in [4.69, 9.17) is 10.8 Å². The zero-order valence-corrected chi connectivity index (χ0v) is 15.1. The Morgan fingerprint density at radius 1 is 1.33 bits per heavy atom. The molecule has 2 aliphatic carbocycles. The number of benzene rings is 1. The van der Waals surface area contributed by atoms with Gasteiger partial charge in [-0.15, -0.1) is 0 Å². The molecule has 2 aromatic rings. The van der Waals surface area contributed by atoms with Crippen molar-refractivity contribution in [3.63, 3.8) is 0 Å². The Balaban J connectivity index is 0.000000180. The number of aryl methyl sites for hydroxylation is 1. The average molecular weight is 381 g/mol. The van der Waals surface area contributed by atoms with E-state index in [1.165, 1.54) is 32.5 Å². The second-order valence-electron chi connectivity index (χ2n) is 7.62. The number of nitrogen functional groups attached to an aromatic ring is 1. The fourth-order valence-electron chi connectivity index (χ4n) is 3.47. The van der Waals surface area contributed by atoms with Gasteiger partial charge in [0.25, 0.3) is 0 Å². The minimum Gasteiger partial charge on any atom is -0.478 e. The molecular formula is C19H22F3N3O2. The largest absolute Gasteiger partial charge is 0.478 e. The first-order valence-electron chi connectivity index (χ1n) is 8.71. The molecular weight excluding hydrogens is 359 g/mol. The maximum atomic E-state index is 11.7. The summed E-state index contributed by atoms with van der Waals surface area (Å²) in [6.45, 7) is 2.33. The standard InChI is InChI=1S/C14H17NO2.C5H5F3N2/c1-14(4-5-14)11-7-9(11)10-6-8(13(16)17)2-3-12(10)15;1-10-3-2-4(9-10)5(6,7)8/h2-3,6,9,11H,4-5,7,15H2,1H3,(H,16,17);2-3H,1H3. The molecule has 2 unspecified atom stereocenters. The van der Waals surface area contributed by atoms with Crippen LogP contribution in [0.3, 0.4) is 0 Å². The van der Waals surface area contributed by atoms with E-state index in [0.29, 0.717) is 22.8 Å². The number of carboxylic acids is 1. The number of hydrogen-bond acceptors (Lipinski definition) is 3. The van der Waals surface area contributed by atoms with E-state index in [1.54, 1.807) is 18.2 Å². The third-order valence-corrected chi connectivity index (χ3v) is 5.46. The molecule has 0 bridgehead atoms. The van der Waals surface area contributed by atoms with Gasteiger partial charge in [0.1, 0.15) is 0 Å². The molecule has 0 amide bonds. The molecule has 3 N–H and O–H groups in total. The topological polar surface area (TPSA) is 81.1 Å². The smallest absolute Gasteiger partial charge is 0.435 e. The summed E-state index contributed by atoms with van der Waals surface area (Å²) < 4.78 is 36.3. The second-order valence-corrected chi connectivity index (χ2v) is 7.62. The molecule has 5 nitrogen and oxygen atoms in total. The number of rotatable bonds is 3. The van der Waals surface area contributed by atoms with Crippen LogP contribution in [-0.2, 0) is 13.2 Å². The Labute approximate surface area is 155 Å². The molecule has 2 fully saturated rings. The van der Waals surface area contributed by atoms with Crippen LogP contribution in [0, 0.1) is 11.3 Å². The van der Waals surface area contributed by atoms with E-state index < -0.39 is 17.8 Å². The lowest BCUT2D eigenvalue weighted by Gasteiger charge is -2.10. The maximum Gasteiger partial charge on any atom is 0.435 e. The number of nitrogens with two attached hydrogens (primary N) is 1. The summed E-state index contributed by atoms with van der Waals surface area (Å²) >= 11 is 0. The predicted molar refractivity (Wildman–Crippen MR) is 94.2 cm³/mol. The number of halogens is 3. The van der Waals surface area contributed by atoms with Crippen LogP contribution in [0.2, 0.25) is 0 Å². The van der Waals surface area contributed by atoms with Crippen molar-refractivity contribution in [2.75, 3.05) is 5.73 Å². The number of hydrogen-bond donors (Lipinski definition) is 2. The van der Waals surface area contributed by atoms with Gasteiger partial charge in [0.15, 0.2) is 5.69 Å². The maximum absolute atomic E-state index is 11.7. The Bertz CT molecular complexity index is 856. The molecule has 0 aliphatic heterocycles. The second kappa shape index (κ2) is 6.58. The lowest BCUT2D eigenvalue weighted by atomic mass is 9.97. The van der Waals surface area contributed by atoms with Crippen LogP contribution in [0.5, 0.6) is 0 Å². The number of alkyl halides is 3. The zero-order chi connectivity index (χ0) is 20.0. The number of anilines is 1. The van der Waals surface area contributed by atoms with Gasteiger partial charge in [0.2, 0.25) is 0 Å². The first-order chi connectivity index (χ1) is 12.5. The van der Waals surface area contributed by atoms with E-state index >= 15 is 0 Å². The lowest BCUT2D eigenvalue weighted by Crippen LogP contribution is -2.06. The average Bonchev–Trinajstić information content (AvgIpc) is 3.47. The molecule has 4 rings (SSSR count). The van der Waals surface area contributed by atoms with E-state index in [1.807, 2.05) is 0 Å². The molecule has 2 saturated carbocycles. The summed E-state index contributed by atoms with van der Waals surface area (Å²) in [6, 6.07) is 5.99. The molecule has 8 heteroatoms. The van der Waals surface area contributed by atoms with Gasteiger partial charge in [0, 0.05) is 18.9 Å². The van der Waals surface area contributed by atoms with Crippen LogP contribution in [0.4, 0.5) is 18.9 Å². The highest BCUT2D eigenvalue weighted by atomic mass is 19.4. The van der Waals surface area contributed by atoms with Crippen molar-refractivity contribution < 1.29 is 23.1 Å². The number of aromatic nitrogens is 2. The summed E-state index contributed by atoms with van der Waals surface area (Å²) in [4.78, 5) is 11.0. The van der Waals surface area contributed by atoms with Gasteiger partial charge in [-0.2, -0.15) is 18.3 Å². The fourth-order valence-corrected chi connectivity index (χ4v) is 3.47. The van der Waals surface area contributed by atoms with Crippen molar-refractivity contribution in [3.05, 3.63) is 47.3 Å². The Hall–Kier alpha value is -2.51. The van der Waals surface area contributed by atoms with Gasteiger partial charge in [0.05, 0.1) is 5.56 Å². The molecule has 0 saturated heterocycles.